The van der Waals surface area contributed by atoms with Gasteiger partial charge in [-0.2, -0.15) is 0 Å². The number of anilines is 1. The summed E-state index contributed by atoms with van der Waals surface area (Å²) in [7, 11) is 0. The number of pyridine rings is 1. The van der Waals surface area contributed by atoms with Crippen molar-refractivity contribution in [1.82, 2.24) is 15.6 Å². The van der Waals surface area contributed by atoms with Gasteiger partial charge in [0.15, 0.2) is 0 Å². The monoisotopic (exact) mass is 326 g/mol. The molecule has 1 aliphatic heterocycles. The Labute approximate surface area is 141 Å². The standard InChI is InChI=1S/C18H22N4O2/c23-18(20-13-15-5-2-1-3-6-15)21-14-16-7-4-8-19-17(16)22-9-11-24-12-10-22/h1-8H,9-14H2,(H2,20,21,23). The predicted octanol–water partition coefficient (Wildman–Crippen LogP) is 1.92. The van der Waals surface area contributed by atoms with Gasteiger partial charge in [-0.15, -0.1) is 0 Å². The Morgan fingerprint density at radius 1 is 1.04 bits per heavy atom. The van der Waals surface area contributed by atoms with Crippen molar-refractivity contribution in [3.05, 3.63) is 59.8 Å². The van der Waals surface area contributed by atoms with Gasteiger partial charge in [-0.3, -0.25) is 0 Å². The van der Waals surface area contributed by atoms with Crippen LogP contribution in [0, 0.1) is 0 Å². The van der Waals surface area contributed by atoms with Crippen LogP contribution in [0.1, 0.15) is 11.1 Å². The molecule has 1 fully saturated rings. The minimum atomic E-state index is -0.185. The van der Waals surface area contributed by atoms with Crippen LogP contribution in [-0.2, 0) is 17.8 Å². The van der Waals surface area contributed by atoms with Crippen LogP contribution in [0.4, 0.5) is 10.6 Å². The maximum absolute atomic E-state index is 12.0. The summed E-state index contributed by atoms with van der Waals surface area (Å²) in [6.45, 7) is 4.02. The second-order valence-corrected chi connectivity index (χ2v) is 5.61. The van der Waals surface area contributed by atoms with E-state index in [9.17, 15) is 4.79 Å². The summed E-state index contributed by atoms with van der Waals surface area (Å²) in [4.78, 5) is 18.7. The van der Waals surface area contributed by atoms with E-state index < -0.39 is 0 Å². The van der Waals surface area contributed by atoms with Crippen LogP contribution in [0.3, 0.4) is 0 Å². The molecule has 0 unspecified atom stereocenters. The highest BCUT2D eigenvalue weighted by molar-refractivity contribution is 5.74. The summed E-state index contributed by atoms with van der Waals surface area (Å²) in [5, 5.41) is 5.76. The highest BCUT2D eigenvalue weighted by Crippen LogP contribution is 2.18. The smallest absolute Gasteiger partial charge is 0.315 e. The third kappa shape index (κ3) is 4.45. The lowest BCUT2D eigenvalue weighted by Crippen LogP contribution is -2.38. The van der Waals surface area contributed by atoms with E-state index >= 15 is 0 Å². The predicted molar refractivity (Wildman–Crippen MR) is 92.8 cm³/mol. The van der Waals surface area contributed by atoms with E-state index in [1.807, 2.05) is 42.5 Å². The summed E-state index contributed by atoms with van der Waals surface area (Å²) in [5.41, 5.74) is 2.08. The molecule has 1 aromatic carbocycles. The summed E-state index contributed by atoms with van der Waals surface area (Å²) in [5.74, 6) is 0.921. The molecule has 1 aliphatic rings. The minimum Gasteiger partial charge on any atom is -0.378 e. The molecule has 24 heavy (non-hydrogen) atoms. The first-order valence-corrected chi connectivity index (χ1v) is 8.15. The normalized spacial score (nSPS) is 14.2. The summed E-state index contributed by atoms with van der Waals surface area (Å²) in [6, 6.07) is 13.5. The summed E-state index contributed by atoms with van der Waals surface area (Å²) < 4.78 is 5.38. The highest BCUT2D eigenvalue weighted by atomic mass is 16.5. The van der Waals surface area contributed by atoms with Crippen LogP contribution in [0.5, 0.6) is 0 Å². The molecule has 0 radical (unpaired) electrons. The largest absolute Gasteiger partial charge is 0.378 e. The van der Waals surface area contributed by atoms with Crippen molar-refractivity contribution in [2.75, 3.05) is 31.2 Å². The molecule has 0 spiro atoms. The Hall–Kier alpha value is -2.60. The van der Waals surface area contributed by atoms with E-state index in [1.165, 1.54) is 0 Å². The van der Waals surface area contributed by atoms with E-state index in [4.69, 9.17) is 4.74 Å². The number of urea groups is 1. The fourth-order valence-corrected chi connectivity index (χ4v) is 2.64. The maximum Gasteiger partial charge on any atom is 0.315 e. The van der Waals surface area contributed by atoms with Gasteiger partial charge in [-0.25, -0.2) is 9.78 Å². The lowest BCUT2D eigenvalue weighted by molar-refractivity contribution is 0.122. The van der Waals surface area contributed by atoms with Crippen molar-refractivity contribution in [3.63, 3.8) is 0 Å². The SMILES string of the molecule is O=C(NCc1ccccc1)NCc1cccnc1N1CCOCC1. The van der Waals surface area contributed by atoms with Crippen molar-refractivity contribution >= 4 is 11.8 Å². The van der Waals surface area contributed by atoms with Crippen molar-refractivity contribution in [2.24, 2.45) is 0 Å². The number of rotatable bonds is 5. The third-order valence-electron chi connectivity index (χ3n) is 3.91. The zero-order valence-corrected chi connectivity index (χ0v) is 13.6. The second kappa shape index (κ2) is 8.31. The van der Waals surface area contributed by atoms with Crippen molar-refractivity contribution in [1.29, 1.82) is 0 Å². The topological polar surface area (TPSA) is 66.5 Å². The van der Waals surface area contributed by atoms with Crippen LogP contribution in [-0.4, -0.2) is 37.3 Å². The van der Waals surface area contributed by atoms with Crippen molar-refractivity contribution in [2.45, 2.75) is 13.1 Å². The highest BCUT2D eigenvalue weighted by Gasteiger charge is 2.16. The van der Waals surface area contributed by atoms with Gasteiger partial charge in [-0.1, -0.05) is 36.4 Å². The Bertz CT molecular complexity index is 657. The lowest BCUT2D eigenvalue weighted by Gasteiger charge is -2.29. The summed E-state index contributed by atoms with van der Waals surface area (Å²) in [6.07, 6.45) is 1.78. The molecule has 0 bridgehead atoms. The van der Waals surface area contributed by atoms with Gasteiger partial charge < -0.3 is 20.3 Å². The van der Waals surface area contributed by atoms with Crippen LogP contribution < -0.4 is 15.5 Å². The fraction of sp³-hybridized carbons (Fsp3) is 0.333. The van der Waals surface area contributed by atoms with E-state index in [0.29, 0.717) is 26.3 Å². The molecule has 6 nitrogen and oxygen atoms in total. The molecule has 6 heteroatoms. The molecule has 126 valence electrons. The van der Waals surface area contributed by atoms with E-state index in [1.54, 1.807) is 6.20 Å². The van der Waals surface area contributed by atoms with Gasteiger partial charge in [0, 0.05) is 37.9 Å². The molecule has 0 atom stereocenters. The van der Waals surface area contributed by atoms with Gasteiger partial charge in [0.05, 0.1) is 13.2 Å². The second-order valence-electron chi connectivity index (χ2n) is 5.61. The molecular weight excluding hydrogens is 304 g/mol. The average Bonchev–Trinajstić information content (AvgIpc) is 2.66. The number of nitrogens with zero attached hydrogens (tertiary/aromatic N) is 2. The third-order valence-corrected chi connectivity index (χ3v) is 3.91. The fourth-order valence-electron chi connectivity index (χ4n) is 2.64. The zero-order valence-electron chi connectivity index (χ0n) is 13.6. The number of aromatic nitrogens is 1. The van der Waals surface area contributed by atoms with Crippen LogP contribution >= 0.6 is 0 Å². The number of benzene rings is 1. The minimum absolute atomic E-state index is 0.185. The first kappa shape index (κ1) is 16.3. The van der Waals surface area contributed by atoms with Crippen LogP contribution in [0.15, 0.2) is 48.7 Å². The van der Waals surface area contributed by atoms with Crippen LogP contribution in [0.25, 0.3) is 0 Å². The van der Waals surface area contributed by atoms with Gasteiger partial charge in [-0.05, 0) is 11.6 Å². The van der Waals surface area contributed by atoms with E-state index in [2.05, 4.69) is 20.5 Å². The van der Waals surface area contributed by atoms with Gasteiger partial charge in [0.1, 0.15) is 5.82 Å². The van der Waals surface area contributed by atoms with Gasteiger partial charge >= 0.3 is 6.03 Å². The molecule has 3 rings (SSSR count). The number of hydrogen-bond acceptors (Lipinski definition) is 4. The Morgan fingerprint density at radius 2 is 1.79 bits per heavy atom. The zero-order chi connectivity index (χ0) is 16.6. The molecule has 2 aromatic rings. The number of carbonyl (C=O) groups excluding carboxylic acids is 1. The molecule has 2 N–H and O–H groups in total. The Balaban J connectivity index is 1.53. The molecule has 1 aromatic heterocycles. The summed E-state index contributed by atoms with van der Waals surface area (Å²) >= 11 is 0. The first-order valence-electron chi connectivity index (χ1n) is 8.15. The molecule has 0 aliphatic carbocycles. The van der Waals surface area contributed by atoms with Crippen molar-refractivity contribution in [3.8, 4) is 0 Å². The average molecular weight is 326 g/mol. The number of morpholine rings is 1. The number of amides is 2. The van der Waals surface area contributed by atoms with E-state index in [-0.39, 0.29) is 6.03 Å². The molecule has 0 saturated carbocycles. The number of ether oxygens (including phenoxy) is 1. The Morgan fingerprint density at radius 3 is 2.58 bits per heavy atom. The number of carbonyl (C=O) groups is 1. The molecule has 1 saturated heterocycles. The quantitative estimate of drug-likeness (QED) is 0.881. The molecular formula is C18H22N4O2. The molecule has 2 amide bonds. The van der Waals surface area contributed by atoms with Gasteiger partial charge in [0.25, 0.3) is 0 Å². The number of nitrogens with one attached hydrogen (secondary N) is 2. The first-order chi connectivity index (χ1) is 11.8. The molecule has 2 heterocycles. The maximum atomic E-state index is 12.0. The van der Waals surface area contributed by atoms with Crippen molar-refractivity contribution < 1.29 is 9.53 Å². The lowest BCUT2D eigenvalue weighted by atomic mass is 10.2. The number of hydrogen-bond donors (Lipinski definition) is 2. The van der Waals surface area contributed by atoms with Gasteiger partial charge in [0.2, 0.25) is 0 Å². The van der Waals surface area contributed by atoms with Crippen LogP contribution in [0.2, 0.25) is 0 Å². The van der Waals surface area contributed by atoms with E-state index in [0.717, 1.165) is 30.0 Å². The Kier molecular flexibility index (Phi) is 5.63.